The van der Waals surface area contributed by atoms with Crippen molar-refractivity contribution in [1.29, 1.82) is 0 Å². The number of nitrogens with two attached hydrogens (primary N) is 1. The molecule has 0 aromatic carbocycles. The van der Waals surface area contributed by atoms with Gasteiger partial charge in [0.2, 0.25) is 0 Å². The first-order valence-electron chi connectivity index (χ1n) is 6.33. The lowest BCUT2D eigenvalue weighted by atomic mass is 9.92. The number of aryl methyl sites for hydroxylation is 1. The molecule has 1 atom stereocenters. The molecule has 0 aliphatic carbocycles. The Labute approximate surface area is 99.8 Å². The van der Waals surface area contributed by atoms with E-state index in [0.29, 0.717) is 5.41 Å². The van der Waals surface area contributed by atoms with E-state index in [4.69, 9.17) is 5.73 Å². The molecule has 16 heavy (non-hydrogen) atoms. The average Bonchev–Trinajstić information content (AvgIpc) is 2.62. The normalized spacial score (nSPS) is 14.1. The van der Waals surface area contributed by atoms with Crippen molar-refractivity contribution in [1.82, 2.24) is 4.57 Å². The lowest BCUT2D eigenvalue weighted by Gasteiger charge is -2.18. The fraction of sp³-hybridized carbons (Fsp3) is 0.714. The molecular formula is C14H26N2. The molecule has 1 aromatic rings. The minimum absolute atomic E-state index is 0.209. The zero-order valence-corrected chi connectivity index (χ0v) is 11.2. The molecule has 2 heteroatoms. The first-order chi connectivity index (χ1) is 7.42. The lowest BCUT2D eigenvalue weighted by molar-refractivity contribution is 0.350. The summed E-state index contributed by atoms with van der Waals surface area (Å²) >= 11 is 0. The van der Waals surface area contributed by atoms with E-state index >= 15 is 0 Å². The molecule has 1 heterocycles. The lowest BCUT2D eigenvalue weighted by Crippen LogP contribution is -2.10. The van der Waals surface area contributed by atoms with Gasteiger partial charge in [-0.25, -0.2) is 0 Å². The number of hydrogen-bond acceptors (Lipinski definition) is 1. The van der Waals surface area contributed by atoms with E-state index < -0.39 is 0 Å². The highest BCUT2D eigenvalue weighted by atomic mass is 14.9. The molecule has 0 saturated heterocycles. The van der Waals surface area contributed by atoms with Gasteiger partial charge in [0.25, 0.3) is 0 Å². The second-order valence-electron chi connectivity index (χ2n) is 5.89. The Balaban J connectivity index is 2.51. The van der Waals surface area contributed by atoms with Crippen LogP contribution in [-0.4, -0.2) is 4.57 Å². The van der Waals surface area contributed by atoms with Crippen molar-refractivity contribution in [2.24, 2.45) is 11.1 Å². The standard InChI is InChI=1S/C14H26N2/c1-5-6-13(15)12-7-9-16(11-12)10-8-14(2,3)4/h7,9,11,13H,5-6,8,10,15H2,1-4H3. The van der Waals surface area contributed by atoms with E-state index in [0.717, 1.165) is 19.4 Å². The van der Waals surface area contributed by atoms with Crippen molar-refractivity contribution in [3.63, 3.8) is 0 Å². The molecule has 0 radical (unpaired) electrons. The Bertz CT molecular complexity index is 307. The van der Waals surface area contributed by atoms with Crippen LogP contribution >= 0.6 is 0 Å². The summed E-state index contributed by atoms with van der Waals surface area (Å²) in [4.78, 5) is 0. The summed E-state index contributed by atoms with van der Waals surface area (Å²) in [6, 6.07) is 2.36. The molecule has 0 amide bonds. The summed E-state index contributed by atoms with van der Waals surface area (Å²) in [5, 5.41) is 0. The van der Waals surface area contributed by atoms with Gasteiger partial charge in [-0.05, 0) is 29.9 Å². The number of hydrogen-bond donors (Lipinski definition) is 1. The largest absolute Gasteiger partial charge is 0.354 e. The minimum Gasteiger partial charge on any atom is -0.354 e. The molecule has 0 fully saturated rings. The average molecular weight is 222 g/mol. The van der Waals surface area contributed by atoms with Gasteiger partial charge < -0.3 is 10.3 Å². The molecule has 0 saturated carbocycles. The molecule has 0 bridgehead atoms. The highest BCUT2D eigenvalue weighted by Gasteiger charge is 2.11. The van der Waals surface area contributed by atoms with Crippen LogP contribution in [0.2, 0.25) is 0 Å². The van der Waals surface area contributed by atoms with Crippen molar-refractivity contribution in [2.45, 2.75) is 59.5 Å². The van der Waals surface area contributed by atoms with E-state index in [9.17, 15) is 0 Å². The summed E-state index contributed by atoms with van der Waals surface area (Å²) in [5.74, 6) is 0. The van der Waals surface area contributed by atoms with E-state index in [-0.39, 0.29) is 6.04 Å². The van der Waals surface area contributed by atoms with Crippen molar-refractivity contribution >= 4 is 0 Å². The monoisotopic (exact) mass is 222 g/mol. The zero-order chi connectivity index (χ0) is 12.2. The fourth-order valence-electron chi connectivity index (χ4n) is 1.76. The van der Waals surface area contributed by atoms with Crippen LogP contribution in [0.5, 0.6) is 0 Å². The van der Waals surface area contributed by atoms with Crippen molar-refractivity contribution in [3.8, 4) is 0 Å². The van der Waals surface area contributed by atoms with Crippen LogP contribution in [0, 0.1) is 5.41 Å². The van der Waals surface area contributed by atoms with Gasteiger partial charge in [0.15, 0.2) is 0 Å². The van der Waals surface area contributed by atoms with Crippen LogP contribution in [0.25, 0.3) is 0 Å². The Morgan fingerprint density at radius 3 is 2.62 bits per heavy atom. The van der Waals surface area contributed by atoms with Gasteiger partial charge in [0.1, 0.15) is 0 Å². The fourth-order valence-corrected chi connectivity index (χ4v) is 1.76. The maximum absolute atomic E-state index is 6.09. The Hall–Kier alpha value is -0.760. The van der Waals surface area contributed by atoms with Gasteiger partial charge >= 0.3 is 0 Å². The Morgan fingerprint density at radius 2 is 2.06 bits per heavy atom. The van der Waals surface area contributed by atoms with E-state index in [2.05, 4.69) is 50.7 Å². The first-order valence-corrected chi connectivity index (χ1v) is 6.33. The molecule has 1 unspecified atom stereocenters. The Kier molecular flexibility index (Phi) is 4.60. The molecule has 2 N–H and O–H groups in total. The van der Waals surface area contributed by atoms with Gasteiger partial charge in [-0.15, -0.1) is 0 Å². The highest BCUT2D eigenvalue weighted by molar-refractivity contribution is 5.14. The van der Waals surface area contributed by atoms with Crippen LogP contribution in [0.15, 0.2) is 18.5 Å². The highest BCUT2D eigenvalue weighted by Crippen LogP contribution is 2.21. The predicted molar refractivity (Wildman–Crippen MR) is 70.3 cm³/mol. The van der Waals surface area contributed by atoms with Crippen molar-refractivity contribution in [3.05, 3.63) is 24.0 Å². The molecule has 0 aliphatic heterocycles. The minimum atomic E-state index is 0.209. The van der Waals surface area contributed by atoms with E-state index in [1.165, 1.54) is 12.0 Å². The topological polar surface area (TPSA) is 30.9 Å². The van der Waals surface area contributed by atoms with Crippen LogP contribution in [0.1, 0.15) is 58.6 Å². The predicted octanol–water partition coefficient (Wildman–Crippen LogP) is 3.72. The zero-order valence-electron chi connectivity index (χ0n) is 11.2. The van der Waals surface area contributed by atoms with Crippen LogP contribution in [-0.2, 0) is 6.54 Å². The third-order valence-corrected chi connectivity index (χ3v) is 2.92. The third kappa shape index (κ3) is 4.40. The second kappa shape index (κ2) is 5.53. The number of rotatable bonds is 5. The van der Waals surface area contributed by atoms with Gasteiger partial charge in [0, 0.05) is 25.0 Å². The maximum Gasteiger partial charge on any atom is 0.0309 e. The quantitative estimate of drug-likeness (QED) is 0.808. The van der Waals surface area contributed by atoms with E-state index in [1.807, 2.05) is 0 Å². The van der Waals surface area contributed by atoms with E-state index in [1.54, 1.807) is 0 Å². The number of nitrogens with zero attached hydrogens (tertiary/aromatic N) is 1. The number of aromatic nitrogens is 1. The van der Waals surface area contributed by atoms with Gasteiger partial charge in [-0.3, -0.25) is 0 Å². The second-order valence-corrected chi connectivity index (χ2v) is 5.89. The summed E-state index contributed by atoms with van der Waals surface area (Å²) in [7, 11) is 0. The summed E-state index contributed by atoms with van der Waals surface area (Å²) in [6.07, 6.45) is 7.77. The van der Waals surface area contributed by atoms with Crippen molar-refractivity contribution in [2.75, 3.05) is 0 Å². The third-order valence-electron chi connectivity index (χ3n) is 2.92. The maximum atomic E-state index is 6.09. The molecule has 2 nitrogen and oxygen atoms in total. The van der Waals surface area contributed by atoms with Gasteiger partial charge in [0.05, 0.1) is 0 Å². The van der Waals surface area contributed by atoms with Crippen molar-refractivity contribution < 1.29 is 0 Å². The SMILES string of the molecule is CCCC(N)c1ccn(CCC(C)(C)C)c1. The molecule has 0 aliphatic rings. The Morgan fingerprint density at radius 1 is 1.38 bits per heavy atom. The summed E-state index contributed by atoms with van der Waals surface area (Å²) < 4.78 is 2.26. The first kappa shape index (κ1) is 13.3. The summed E-state index contributed by atoms with van der Waals surface area (Å²) in [5.41, 5.74) is 7.76. The van der Waals surface area contributed by atoms with Crippen LogP contribution < -0.4 is 5.73 Å². The van der Waals surface area contributed by atoms with Gasteiger partial charge in [-0.1, -0.05) is 34.1 Å². The molecular weight excluding hydrogens is 196 g/mol. The van der Waals surface area contributed by atoms with Crippen LogP contribution in [0.3, 0.4) is 0 Å². The molecule has 1 rings (SSSR count). The van der Waals surface area contributed by atoms with Crippen LogP contribution in [0.4, 0.5) is 0 Å². The van der Waals surface area contributed by atoms with Gasteiger partial charge in [-0.2, -0.15) is 0 Å². The molecule has 0 spiro atoms. The molecule has 92 valence electrons. The molecule has 1 aromatic heterocycles. The summed E-state index contributed by atoms with van der Waals surface area (Å²) in [6.45, 7) is 10.1. The smallest absolute Gasteiger partial charge is 0.0309 e.